The maximum absolute atomic E-state index is 12.4. The van der Waals surface area contributed by atoms with E-state index in [0.717, 1.165) is 5.56 Å². The first-order chi connectivity index (χ1) is 11.7. The number of aryl methyl sites for hydroxylation is 1. The second kappa shape index (κ2) is 5.84. The molecule has 0 saturated carbocycles. The molecule has 2 N–H and O–H groups in total. The van der Waals surface area contributed by atoms with Crippen LogP contribution >= 0.6 is 0 Å². The number of carbonyl (C=O) groups excluding carboxylic acids is 1. The topological polar surface area (TPSA) is 92.2 Å². The van der Waals surface area contributed by atoms with E-state index in [9.17, 15) is 9.59 Å². The van der Waals surface area contributed by atoms with Crippen molar-refractivity contribution in [2.24, 2.45) is 0 Å². The lowest BCUT2D eigenvalue weighted by molar-refractivity contribution is 0.102. The summed E-state index contributed by atoms with van der Waals surface area (Å²) in [6, 6.07) is 7.42. The minimum absolute atomic E-state index is 0.0241. The zero-order valence-electron chi connectivity index (χ0n) is 15.0. The molecule has 7 nitrogen and oxygen atoms in total. The SMILES string of the molecule is Cc1nc2nc(NC(=O)c3ccc(C(C)(C)C)cc3)[nH]n2c(=O)c1C. The molecule has 7 heteroatoms. The molecule has 0 spiro atoms. The van der Waals surface area contributed by atoms with E-state index in [1.54, 1.807) is 26.0 Å². The maximum Gasteiger partial charge on any atom is 0.277 e. The van der Waals surface area contributed by atoms with Gasteiger partial charge in [-0.25, -0.2) is 4.98 Å². The van der Waals surface area contributed by atoms with Crippen molar-refractivity contribution in [2.45, 2.75) is 40.0 Å². The number of nitrogens with one attached hydrogen (secondary N) is 2. The highest BCUT2D eigenvalue weighted by Gasteiger charge is 2.16. The normalized spacial score (nSPS) is 11.7. The Morgan fingerprint density at radius 1 is 1.12 bits per heavy atom. The van der Waals surface area contributed by atoms with Crippen molar-refractivity contribution in [3.63, 3.8) is 0 Å². The summed E-state index contributed by atoms with van der Waals surface area (Å²) in [5, 5.41) is 5.43. The number of hydrogen-bond acceptors (Lipinski definition) is 4. The average Bonchev–Trinajstić information content (AvgIpc) is 2.94. The fourth-order valence-electron chi connectivity index (χ4n) is 2.46. The van der Waals surface area contributed by atoms with Crippen LogP contribution in [0.4, 0.5) is 5.95 Å². The van der Waals surface area contributed by atoms with E-state index in [2.05, 4.69) is 41.2 Å². The van der Waals surface area contributed by atoms with Gasteiger partial charge < -0.3 is 0 Å². The summed E-state index contributed by atoms with van der Waals surface area (Å²) in [5.41, 5.74) is 2.61. The number of aromatic amines is 1. The summed E-state index contributed by atoms with van der Waals surface area (Å²) in [6.45, 7) is 9.80. The number of fused-ring (bicyclic) bond motifs is 1. The standard InChI is InChI=1S/C18H21N5O2/c1-10-11(2)19-17-21-16(22-23(17)15(10)25)20-14(24)12-6-8-13(9-7-12)18(3,4)5/h6-9H,1-5H3,(H2,19,20,21,22,24). The Bertz CT molecular complexity index is 1010. The molecule has 0 aliphatic carbocycles. The lowest BCUT2D eigenvalue weighted by Crippen LogP contribution is -2.19. The number of rotatable bonds is 2. The van der Waals surface area contributed by atoms with Crippen LogP contribution in [0, 0.1) is 13.8 Å². The predicted octanol–water partition coefficient (Wildman–Crippen LogP) is 2.58. The third kappa shape index (κ3) is 3.17. The second-order valence-electron chi connectivity index (χ2n) is 7.12. The number of amides is 1. The molecule has 1 amide bonds. The van der Waals surface area contributed by atoms with Crippen molar-refractivity contribution in [1.29, 1.82) is 0 Å². The molecule has 0 fully saturated rings. The number of hydrogen-bond donors (Lipinski definition) is 2. The minimum Gasteiger partial charge on any atom is -0.291 e. The number of aromatic nitrogens is 4. The molecule has 130 valence electrons. The minimum atomic E-state index is -0.305. The van der Waals surface area contributed by atoms with E-state index >= 15 is 0 Å². The van der Waals surface area contributed by atoms with Gasteiger partial charge in [0, 0.05) is 16.8 Å². The Labute approximate surface area is 145 Å². The smallest absolute Gasteiger partial charge is 0.277 e. The first-order valence-electron chi connectivity index (χ1n) is 8.04. The number of carbonyl (C=O) groups is 1. The molecule has 0 saturated heterocycles. The van der Waals surface area contributed by atoms with E-state index in [1.165, 1.54) is 4.52 Å². The van der Waals surface area contributed by atoms with Crippen LogP contribution in [0.25, 0.3) is 5.78 Å². The van der Waals surface area contributed by atoms with Gasteiger partial charge in [0.05, 0.1) is 0 Å². The van der Waals surface area contributed by atoms with E-state index in [0.29, 0.717) is 16.8 Å². The number of benzene rings is 1. The van der Waals surface area contributed by atoms with E-state index in [4.69, 9.17) is 0 Å². The molecule has 2 aromatic heterocycles. The van der Waals surface area contributed by atoms with Gasteiger partial charge in [0.15, 0.2) is 0 Å². The quantitative estimate of drug-likeness (QED) is 0.750. The Hall–Kier alpha value is -2.96. The van der Waals surface area contributed by atoms with E-state index in [-0.39, 0.29) is 28.6 Å². The van der Waals surface area contributed by atoms with Gasteiger partial charge in [-0.15, -0.1) is 0 Å². The van der Waals surface area contributed by atoms with Crippen molar-refractivity contribution in [3.05, 3.63) is 57.0 Å². The average molecular weight is 339 g/mol. The van der Waals surface area contributed by atoms with Crippen molar-refractivity contribution in [1.82, 2.24) is 19.6 Å². The van der Waals surface area contributed by atoms with Gasteiger partial charge >= 0.3 is 0 Å². The molecule has 0 radical (unpaired) electrons. The van der Waals surface area contributed by atoms with Gasteiger partial charge in [-0.3, -0.25) is 20.0 Å². The van der Waals surface area contributed by atoms with Gasteiger partial charge in [0.25, 0.3) is 17.2 Å². The molecular formula is C18H21N5O2. The molecule has 0 aliphatic rings. The summed E-state index contributed by atoms with van der Waals surface area (Å²) in [6.07, 6.45) is 0. The van der Waals surface area contributed by atoms with Crippen LogP contribution in [-0.2, 0) is 5.41 Å². The molecule has 0 bridgehead atoms. The molecule has 0 atom stereocenters. The zero-order chi connectivity index (χ0) is 18.4. The van der Waals surface area contributed by atoms with E-state index < -0.39 is 0 Å². The van der Waals surface area contributed by atoms with Crippen LogP contribution in [0.15, 0.2) is 29.1 Å². The maximum atomic E-state index is 12.4. The first kappa shape index (κ1) is 16.9. The van der Waals surface area contributed by atoms with Crippen LogP contribution < -0.4 is 10.9 Å². The van der Waals surface area contributed by atoms with Gasteiger partial charge in [0.2, 0.25) is 5.95 Å². The van der Waals surface area contributed by atoms with E-state index in [1.807, 2.05) is 12.1 Å². The van der Waals surface area contributed by atoms with Crippen molar-refractivity contribution >= 4 is 17.6 Å². The highest BCUT2D eigenvalue weighted by atomic mass is 16.2. The summed E-state index contributed by atoms with van der Waals surface area (Å²) < 4.78 is 1.22. The number of H-pyrrole nitrogens is 1. The Morgan fingerprint density at radius 2 is 1.76 bits per heavy atom. The van der Waals surface area contributed by atoms with Crippen LogP contribution in [-0.4, -0.2) is 25.5 Å². The third-order valence-electron chi connectivity index (χ3n) is 4.21. The fraction of sp³-hybridized carbons (Fsp3) is 0.333. The summed E-state index contributed by atoms with van der Waals surface area (Å²) in [5.74, 6) is 0.104. The molecule has 25 heavy (non-hydrogen) atoms. The Balaban J connectivity index is 1.87. The van der Waals surface area contributed by atoms with Gasteiger partial charge in [0.1, 0.15) is 0 Å². The number of nitrogens with zero attached hydrogens (tertiary/aromatic N) is 3. The van der Waals surface area contributed by atoms with Crippen LogP contribution in [0.2, 0.25) is 0 Å². The summed E-state index contributed by atoms with van der Waals surface area (Å²) >= 11 is 0. The lowest BCUT2D eigenvalue weighted by atomic mass is 9.87. The zero-order valence-corrected chi connectivity index (χ0v) is 15.0. The fourth-order valence-corrected chi connectivity index (χ4v) is 2.46. The first-order valence-corrected chi connectivity index (χ1v) is 8.04. The Kier molecular flexibility index (Phi) is 3.94. The van der Waals surface area contributed by atoms with Crippen molar-refractivity contribution in [2.75, 3.05) is 5.32 Å². The molecule has 2 heterocycles. The molecule has 3 aromatic rings. The van der Waals surface area contributed by atoms with Crippen LogP contribution in [0.5, 0.6) is 0 Å². The molecule has 3 rings (SSSR count). The molecular weight excluding hydrogens is 318 g/mol. The van der Waals surface area contributed by atoms with Crippen LogP contribution in [0.1, 0.15) is 48.0 Å². The van der Waals surface area contributed by atoms with Crippen molar-refractivity contribution in [3.8, 4) is 0 Å². The largest absolute Gasteiger partial charge is 0.291 e. The summed E-state index contributed by atoms with van der Waals surface area (Å²) in [4.78, 5) is 33.0. The molecule has 1 aromatic carbocycles. The highest BCUT2D eigenvalue weighted by molar-refractivity contribution is 6.03. The lowest BCUT2D eigenvalue weighted by Gasteiger charge is -2.18. The second-order valence-corrected chi connectivity index (χ2v) is 7.12. The van der Waals surface area contributed by atoms with Gasteiger partial charge in [-0.2, -0.15) is 9.50 Å². The molecule has 0 unspecified atom stereocenters. The van der Waals surface area contributed by atoms with Gasteiger partial charge in [-0.1, -0.05) is 32.9 Å². The monoisotopic (exact) mass is 339 g/mol. The predicted molar refractivity (Wildman–Crippen MR) is 96.2 cm³/mol. The van der Waals surface area contributed by atoms with Crippen LogP contribution in [0.3, 0.4) is 0 Å². The van der Waals surface area contributed by atoms with Gasteiger partial charge in [-0.05, 0) is 37.0 Å². The Morgan fingerprint density at radius 3 is 2.36 bits per heavy atom. The third-order valence-corrected chi connectivity index (χ3v) is 4.21. The highest BCUT2D eigenvalue weighted by Crippen LogP contribution is 2.22. The molecule has 0 aliphatic heterocycles. The summed E-state index contributed by atoms with van der Waals surface area (Å²) in [7, 11) is 0. The van der Waals surface area contributed by atoms with Crippen molar-refractivity contribution < 1.29 is 4.79 Å². The number of anilines is 1.